The monoisotopic (exact) mass is 609 g/mol. The molecule has 0 N–H and O–H groups in total. The van der Waals surface area contributed by atoms with Crippen LogP contribution >= 0.6 is 0 Å². The molecule has 0 fully saturated rings. The van der Waals surface area contributed by atoms with E-state index in [0.717, 1.165) is 11.4 Å². The molecule has 10 rings (SSSR count). The van der Waals surface area contributed by atoms with Gasteiger partial charge in [0.25, 0.3) is 0 Å². The molecule has 0 radical (unpaired) electrons. The Kier molecular flexibility index (Phi) is 5.86. The summed E-state index contributed by atoms with van der Waals surface area (Å²) < 4.78 is 0. The quantitative estimate of drug-likeness (QED) is 0.192. The van der Waals surface area contributed by atoms with Crippen LogP contribution in [0, 0.1) is 0 Å². The topological polar surface area (TPSA) is 3.24 Å². The molecule has 8 aromatic carbocycles. The molecule has 1 heteroatoms. The zero-order valence-electron chi connectivity index (χ0n) is 26.3. The maximum absolute atomic E-state index is 2.51. The molecule has 0 unspecified atom stereocenters. The van der Waals surface area contributed by atoms with Crippen LogP contribution in [0.3, 0.4) is 0 Å². The van der Waals surface area contributed by atoms with Crippen LogP contribution in [0.2, 0.25) is 0 Å². The Bertz CT molecular complexity index is 2410. The molecule has 0 bridgehead atoms. The fourth-order valence-corrected chi connectivity index (χ4v) is 8.55. The molecule has 0 aliphatic heterocycles. The molecule has 1 spiro atoms. The number of benzene rings is 8. The van der Waals surface area contributed by atoms with Gasteiger partial charge in [0.2, 0.25) is 0 Å². The minimum absolute atomic E-state index is 0.472. The first-order valence-electron chi connectivity index (χ1n) is 16.7. The molecule has 48 heavy (non-hydrogen) atoms. The lowest BCUT2D eigenvalue weighted by molar-refractivity contribution is 0.794. The summed E-state index contributed by atoms with van der Waals surface area (Å²) >= 11 is 0. The van der Waals surface area contributed by atoms with Crippen LogP contribution in [0.4, 0.5) is 17.1 Å². The Balaban J connectivity index is 1.37. The van der Waals surface area contributed by atoms with E-state index in [1.165, 1.54) is 72.1 Å². The van der Waals surface area contributed by atoms with E-state index in [9.17, 15) is 0 Å². The van der Waals surface area contributed by atoms with Gasteiger partial charge in [0, 0.05) is 16.8 Å². The number of nitrogens with zero attached hydrogens (tertiary/aromatic N) is 1. The minimum atomic E-state index is -0.472. The number of fused-ring (bicyclic) bond motifs is 12. The van der Waals surface area contributed by atoms with Crippen LogP contribution in [-0.2, 0) is 5.41 Å². The third kappa shape index (κ3) is 3.67. The molecule has 0 heterocycles. The molecule has 224 valence electrons. The lowest BCUT2D eigenvalue weighted by Gasteiger charge is -2.33. The highest BCUT2D eigenvalue weighted by Gasteiger charge is 2.52. The second-order valence-electron chi connectivity index (χ2n) is 12.8. The molecule has 2 aliphatic rings. The first-order valence-corrected chi connectivity index (χ1v) is 16.7. The number of hydrogen-bond donors (Lipinski definition) is 0. The van der Waals surface area contributed by atoms with Gasteiger partial charge in [-0.3, -0.25) is 0 Å². The van der Waals surface area contributed by atoms with Gasteiger partial charge in [0.1, 0.15) is 0 Å². The predicted octanol–water partition coefficient (Wildman–Crippen LogP) is 12.3. The summed E-state index contributed by atoms with van der Waals surface area (Å²) in [6.07, 6.45) is 0. The van der Waals surface area contributed by atoms with Crippen molar-refractivity contribution >= 4 is 27.8 Å². The third-order valence-electron chi connectivity index (χ3n) is 10.4. The van der Waals surface area contributed by atoms with E-state index in [1.807, 2.05) is 0 Å². The lowest BCUT2D eigenvalue weighted by Crippen LogP contribution is -2.26. The SMILES string of the molecule is c1ccc(-c2ccc3c(c2)C2(c4ccccc4-c4ccccc42)c2cc(N(c4ccccc4)c4ccccc4)c4ccccc4c2-3)cc1. The highest BCUT2D eigenvalue weighted by Crippen LogP contribution is 2.65. The van der Waals surface area contributed by atoms with Crippen LogP contribution in [-0.4, -0.2) is 0 Å². The molecular formula is C47H31N. The summed E-state index contributed by atoms with van der Waals surface area (Å²) in [6, 6.07) is 69.2. The first kappa shape index (κ1) is 27.0. The van der Waals surface area contributed by atoms with Crippen molar-refractivity contribution < 1.29 is 0 Å². The number of anilines is 3. The summed E-state index contributed by atoms with van der Waals surface area (Å²) in [6.45, 7) is 0. The van der Waals surface area contributed by atoms with Crippen LogP contribution in [0.5, 0.6) is 0 Å². The van der Waals surface area contributed by atoms with Gasteiger partial charge in [0.05, 0.1) is 11.1 Å². The Morgan fingerprint density at radius 3 is 1.48 bits per heavy atom. The third-order valence-corrected chi connectivity index (χ3v) is 10.4. The average Bonchev–Trinajstić information content (AvgIpc) is 3.63. The highest BCUT2D eigenvalue weighted by atomic mass is 15.1. The Labute approximate surface area is 281 Å². The number of hydrogen-bond acceptors (Lipinski definition) is 1. The van der Waals surface area contributed by atoms with Gasteiger partial charge in [-0.15, -0.1) is 0 Å². The first-order chi connectivity index (χ1) is 23.8. The summed E-state index contributed by atoms with van der Waals surface area (Å²) in [7, 11) is 0. The highest BCUT2D eigenvalue weighted by molar-refractivity contribution is 6.12. The maximum atomic E-state index is 2.51. The normalized spacial score (nSPS) is 13.2. The van der Waals surface area contributed by atoms with E-state index < -0.39 is 5.41 Å². The molecule has 0 aromatic heterocycles. The van der Waals surface area contributed by atoms with E-state index >= 15 is 0 Å². The van der Waals surface area contributed by atoms with Crippen molar-refractivity contribution in [2.24, 2.45) is 0 Å². The number of para-hydroxylation sites is 2. The second-order valence-corrected chi connectivity index (χ2v) is 12.8. The van der Waals surface area contributed by atoms with E-state index in [-0.39, 0.29) is 0 Å². The van der Waals surface area contributed by atoms with Gasteiger partial charge in [-0.1, -0.05) is 152 Å². The van der Waals surface area contributed by atoms with E-state index in [0.29, 0.717) is 0 Å². The van der Waals surface area contributed by atoms with Gasteiger partial charge in [-0.05, 0) is 97.4 Å². The van der Waals surface area contributed by atoms with E-state index in [2.05, 4.69) is 193 Å². The molecule has 0 saturated heterocycles. The van der Waals surface area contributed by atoms with Crippen molar-refractivity contribution in [2.45, 2.75) is 5.41 Å². The summed E-state index contributed by atoms with van der Waals surface area (Å²) in [4.78, 5) is 2.43. The second kappa shape index (κ2) is 10.4. The standard InChI is InChI=1S/C47H31N/c1-4-16-32(17-5-1)33-28-29-40-43(30-33)47(41-26-14-12-22-36(41)37-23-13-15-27-42(37)47)44-31-45(38-24-10-11-25-39(38)46(40)44)48(34-18-6-2-7-19-34)35-20-8-3-9-21-35/h1-31H. The maximum Gasteiger partial charge on any atom is 0.0726 e. The lowest BCUT2D eigenvalue weighted by atomic mass is 9.70. The minimum Gasteiger partial charge on any atom is -0.310 e. The van der Waals surface area contributed by atoms with E-state index in [1.54, 1.807) is 0 Å². The smallest absolute Gasteiger partial charge is 0.0726 e. The van der Waals surface area contributed by atoms with Gasteiger partial charge in [-0.25, -0.2) is 0 Å². The van der Waals surface area contributed by atoms with Gasteiger partial charge >= 0.3 is 0 Å². The average molecular weight is 610 g/mol. The van der Waals surface area contributed by atoms with Crippen LogP contribution in [0.15, 0.2) is 188 Å². The summed E-state index contributed by atoms with van der Waals surface area (Å²) in [5, 5.41) is 2.51. The zero-order valence-corrected chi connectivity index (χ0v) is 26.3. The number of rotatable bonds is 4. The molecule has 2 aliphatic carbocycles. The zero-order chi connectivity index (χ0) is 31.7. The van der Waals surface area contributed by atoms with E-state index in [4.69, 9.17) is 0 Å². The predicted molar refractivity (Wildman–Crippen MR) is 200 cm³/mol. The summed E-state index contributed by atoms with van der Waals surface area (Å²) in [5.74, 6) is 0. The van der Waals surface area contributed by atoms with Crippen molar-refractivity contribution in [3.05, 3.63) is 210 Å². The van der Waals surface area contributed by atoms with Gasteiger partial charge in [-0.2, -0.15) is 0 Å². The van der Waals surface area contributed by atoms with Crippen molar-refractivity contribution in [1.82, 2.24) is 0 Å². The van der Waals surface area contributed by atoms with Crippen LogP contribution in [0.1, 0.15) is 22.3 Å². The van der Waals surface area contributed by atoms with Gasteiger partial charge in [0.15, 0.2) is 0 Å². The fourth-order valence-electron chi connectivity index (χ4n) is 8.55. The summed E-state index contributed by atoms with van der Waals surface area (Å²) in [5.41, 5.74) is 16.1. The largest absolute Gasteiger partial charge is 0.310 e. The molecule has 0 saturated carbocycles. The van der Waals surface area contributed by atoms with Gasteiger partial charge < -0.3 is 4.90 Å². The Morgan fingerprint density at radius 1 is 0.333 bits per heavy atom. The molecular weight excluding hydrogens is 579 g/mol. The molecule has 1 nitrogen and oxygen atoms in total. The van der Waals surface area contributed by atoms with Crippen molar-refractivity contribution in [1.29, 1.82) is 0 Å². The van der Waals surface area contributed by atoms with Crippen molar-refractivity contribution in [3.63, 3.8) is 0 Å². The van der Waals surface area contributed by atoms with Crippen molar-refractivity contribution in [2.75, 3.05) is 4.90 Å². The van der Waals surface area contributed by atoms with Crippen molar-refractivity contribution in [3.8, 4) is 33.4 Å². The Hall–Kier alpha value is -6.18. The van der Waals surface area contributed by atoms with Crippen LogP contribution < -0.4 is 4.90 Å². The van der Waals surface area contributed by atoms with Crippen LogP contribution in [0.25, 0.3) is 44.2 Å². The molecule has 0 atom stereocenters. The molecule has 8 aromatic rings. The molecule has 0 amide bonds. The fraction of sp³-hybridized carbons (Fsp3) is 0.0213. The Morgan fingerprint density at radius 2 is 0.854 bits per heavy atom.